The number of H-pyrrole nitrogens is 1. The topological polar surface area (TPSA) is 53.9 Å². The first-order valence-electron chi connectivity index (χ1n) is 7.09. The standard InChI is InChI=1S/C13H22N4OS/c1-3-7-11-14-15-13(19)17(11)10(2)12(18)16-8-5-4-6-9-16/h10H,3-9H2,1-2H3,(H,15,19). The van der Waals surface area contributed by atoms with Gasteiger partial charge in [0.2, 0.25) is 5.91 Å². The molecule has 0 spiro atoms. The van der Waals surface area contributed by atoms with Crippen LogP contribution in [0.1, 0.15) is 51.4 Å². The molecule has 1 saturated heterocycles. The van der Waals surface area contributed by atoms with E-state index in [1.54, 1.807) is 0 Å². The maximum Gasteiger partial charge on any atom is 0.245 e. The summed E-state index contributed by atoms with van der Waals surface area (Å²) in [4.78, 5) is 14.5. The predicted octanol–water partition coefficient (Wildman–Crippen LogP) is 2.47. The van der Waals surface area contributed by atoms with Crippen molar-refractivity contribution < 1.29 is 4.79 Å². The first-order valence-corrected chi connectivity index (χ1v) is 7.50. The number of aromatic amines is 1. The van der Waals surface area contributed by atoms with Gasteiger partial charge in [0, 0.05) is 19.5 Å². The highest BCUT2D eigenvalue weighted by Gasteiger charge is 2.25. The Morgan fingerprint density at radius 3 is 2.74 bits per heavy atom. The summed E-state index contributed by atoms with van der Waals surface area (Å²) in [5, 5.41) is 7.03. The van der Waals surface area contributed by atoms with Gasteiger partial charge in [0.15, 0.2) is 4.77 Å². The van der Waals surface area contributed by atoms with Gasteiger partial charge in [0.05, 0.1) is 0 Å². The fourth-order valence-corrected chi connectivity index (χ4v) is 2.93. The molecule has 106 valence electrons. The molecule has 0 radical (unpaired) electrons. The number of aryl methyl sites for hydroxylation is 1. The molecule has 2 rings (SSSR count). The van der Waals surface area contributed by atoms with Gasteiger partial charge in [0.1, 0.15) is 11.9 Å². The molecule has 19 heavy (non-hydrogen) atoms. The summed E-state index contributed by atoms with van der Waals surface area (Å²) >= 11 is 5.26. The van der Waals surface area contributed by atoms with Gasteiger partial charge in [-0.15, -0.1) is 0 Å². The van der Waals surface area contributed by atoms with Crippen molar-refractivity contribution in [2.24, 2.45) is 0 Å². The molecular formula is C13H22N4OS. The predicted molar refractivity (Wildman–Crippen MR) is 76.5 cm³/mol. The van der Waals surface area contributed by atoms with Crippen LogP contribution in [-0.4, -0.2) is 38.7 Å². The molecule has 0 bridgehead atoms. The summed E-state index contributed by atoms with van der Waals surface area (Å²) in [6.45, 7) is 5.76. The number of hydrogen-bond acceptors (Lipinski definition) is 3. The van der Waals surface area contributed by atoms with Crippen LogP contribution in [0.3, 0.4) is 0 Å². The molecule has 1 fully saturated rings. The highest BCUT2D eigenvalue weighted by atomic mass is 32.1. The van der Waals surface area contributed by atoms with Crippen molar-refractivity contribution in [2.75, 3.05) is 13.1 Å². The second-order valence-electron chi connectivity index (χ2n) is 5.13. The van der Waals surface area contributed by atoms with Crippen molar-refractivity contribution in [3.8, 4) is 0 Å². The highest BCUT2D eigenvalue weighted by molar-refractivity contribution is 7.71. The molecule has 1 unspecified atom stereocenters. The number of carbonyl (C=O) groups is 1. The summed E-state index contributed by atoms with van der Waals surface area (Å²) < 4.78 is 2.41. The largest absolute Gasteiger partial charge is 0.341 e. The van der Waals surface area contributed by atoms with Crippen molar-refractivity contribution in [1.82, 2.24) is 19.7 Å². The third-order valence-corrected chi connectivity index (χ3v) is 3.95. The molecule has 1 aromatic heterocycles. The first-order chi connectivity index (χ1) is 9.15. The number of hydrogen-bond donors (Lipinski definition) is 1. The fourth-order valence-electron chi connectivity index (χ4n) is 2.63. The van der Waals surface area contributed by atoms with Gasteiger partial charge in [0.25, 0.3) is 0 Å². The van der Waals surface area contributed by atoms with Crippen LogP contribution in [0.25, 0.3) is 0 Å². The molecular weight excluding hydrogens is 260 g/mol. The highest BCUT2D eigenvalue weighted by Crippen LogP contribution is 2.17. The molecule has 2 heterocycles. The number of rotatable bonds is 4. The lowest BCUT2D eigenvalue weighted by Crippen LogP contribution is -2.40. The van der Waals surface area contributed by atoms with Crippen LogP contribution >= 0.6 is 12.2 Å². The van der Waals surface area contributed by atoms with Crippen LogP contribution in [0.5, 0.6) is 0 Å². The zero-order valence-electron chi connectivity index (χ0n) is 11.7. The van der Waals surface area contributed by atoms with Crippen molar-refractivity contribution in [1.29, 1.82) is 0 Å². The molecule has 0 saturated carbocycles. The molecule has 1 amide bonds. The Bertz CT molecular complexity index is 487. The maximum atomic E-state index is 12.5. The number of likely N-dealkylation sites (tertiary alicyclic amines) is 1. The molecule has 1 aliphatic heterocycles. The van der Waals surface area contributed by atoms with Crippen molar-refractivity contribution in [3.05, 3.63) is 10.6 Å². The zero-order chi connectivity index (χ0) is 13.8. The molecule has 1 N–H and O–H groups in total. The Balaban J connectivity index is 2.18. The minimum absolute atomic E-state index is 0.162. The third kappa shape index (κ3) is 3.05. The molecule has 1 aliphatic rings. The monoisotopic (exact) mass is 282 g/mol. The molecule has 6 heteroatoms. The number of piperidine rings is 1. The van der Waals surface area contributed by atoms with Crippen molar-refractivity contribution in [2.45, 2.75) is 52.0 Å². The van der Waals surface area contributed by atoms with E-state index in [0.29, 0.717) is 4.77 Å². The number of amides is 1. The van der Waals surface area contributed by atoms with E-state index in [0.717, 1.165) is 44.6 Å². The summed E-state index contributed by atoms with van der Waals surface area (Å²) in [7, 11) is 0. The van der Waals surface area contributed by atoms with E-state index in [4.69, 9.17) is 12.2 Å². The third-order valence-electron chi connectivity index (χ3n) is 3.66. The zero-order valence-corrected chi connectivity index (χ0v) is 12.5. The smallest absolute Gasteiger partial charge is 0.245 e. The second-order valence-corrected chi connectivity index (χ2v) is 5.51. The van der Waals surface area contributed by atoms with Crippen LogP contribution < -0.4 is 0 Å². The molecule has 1 aromatic rings. The van der Waals surface area contributed by atoms with Gasteiger partial charge >= 0.3 is 0 Å². The van der Waals surface area contributed by atoms with Crippen molar-refractivity contribution >= 4 is 18.1 Å². The van der Waals surface area contributed by atoms with E-state index in [-0.39, 0.29) is 11.9 Å². The SMILES string of the molecule is CCCc1n[nH]c(=S)n1C(C)C(=O)N1CCCCC1. The number of carbonyl (C=O) groups excluding carboxylic acids is 1. The van der Waals surface area contributed by atoms with E-state index >= 15 is 0 Å². The lowest BCUT2D eigenvalue weighted by molar-refractivity contribution is -0.135. The Labute approximate surface area is 119 Å². The number of aromatic nitrogens is 3. The average Bonchev–Trinajstić information content (AvgIpc) is 2.80. The van der Waals surface area contributed by atoms with E-state index in [9.17, 15) is 4.79 Å². The average molecular weight is 282 g/mol. The number of nitrogens with zero attached hydrogens (tertiary/aromatic N) is 3. The molecule has 5 nitrogen and oxygen atoms in total. The summed E-state index contributed by atoms with van der Waals surface area (Å²) in [5.74, 6) is 1.04. The molecule has 0 aromatic carbocycles. The maximum absolute atomic E-state index is 12.5. The van der Waals surface area contributed by atoms with E-state index < -0.39 is 0 Å². The summed E-state index contributed by atoms with van der Waals surface area (Å²) in [5.41, 5.74) is 0. The van der Waals surface area contributed by atoms with Crippen LogP contribution in [0, 0.1) is 4.77 Å². The Hall–Kier alpha value is -1.17. The van der Waals surface area contributed by atoms with Crippen LogP contribution in [-0.2, 0) is 11.2 Å². The van der Waals surface area contributed by atoms with Crippen molar-refractivity contribution in [3.63, 3.8) is 0 Å². The first kappa shape index (κ1) is 14.2. The van der Waals surface area contributed by atoms with Gasteiger partial charge in [-0.1, -0.05) is 6.92 Å². The lowest BCUT2D eigenvalue weighted by atomic mass is 10.1. The number of nitrogens with one attached hydrogen (secondary N) is 1. The normalized spacial score (nSPS) is 17.5. The summed E-state index contributed by atoms with van der Waals surface area (Å²) in [6, 6.07) is -0.258. The van der Waals surface area contributed by atoms with Gasteiger partial charge in [-0.05, 0) is 44.8 Å². The second kappa shape index (κ2) is 6.32. The lowest BCUT2D eigenvalue weighted by Gasteiger charge is -2.29. The molecule has 0 aliphatic carbocycles. The van der Waals surface area contributed by atoms with E-state index in [1.807, 2.05) is 16.4 Å². The molecule has 1 atom stereocenters. The Morgan fingerprint density at radius 2 is 2.11 bits per heavy atom. The minimum atomic E-state index is -0.258. The van der Waals surface area contributed by atoms with Gasteiger partial charge in [-0.3, -0.25) is 14.5 Å². The van der Waals surface area contributed by atoms with Gasteiger partial charge in [-0.2, -0.15) is 5.10 Å². The van der Waals surface area contributed by atoms with Crippen LogP contribution in [0.15, 0.2) is 0 Å². The Morgan fingerprint density at radius 1 is 1.42 bits per heavy atom. The minimum Gasteiger partial charge on any atom is -0.341 e. The quantitative estimate of drug-likeness (QED) is 0.863. The van der Waals surface area contributed by atoms with Gasteiger partial charge in [-0.25, -0.2) is 0 Å². The van der Waals surface area contributed by atoms with Crippen LogP contribution in [0.4, 0.5) is 0 Å². The Kier molecular flexibility index (Phi) is 4.74. The summed E-state index contributed by atoms with van der Waals surface area (Å²) in [6.07, 6.45) is 5.27. The fraction of sp³-hybridized carbons (Fsp3) is 0.769. The van der Waals surface area contributed by atoms with Crippen LogP contribution in [0.2, 0.25) is 0 Å². The van der Waals surface area contributed by atoms with E-state index in [2.05, 4.69) is 17.1 Å². The van der Waals surface area contributed by atoms with E-state index in [1.165, 1.54) is 6.42 Å². The van der Waals surface area contributed by atoms with Gasteiger partial charge < -0.3 is 4.90 Å².